The molecule has 0 heterocycles. The highest BCUT2D eigenvalue weighted by Crippen LogP contribution is 1.94. The fourth-order valence-corrected chi connectivity index (χ4v) is 1.44. The molecule has 0 aliphatic heterocycles. The van der Waals surface area contributed by atoms with Crippen molar-refractivity contribution in [1.29, 1.82) is 0 Å². The number of hydrogen-bond donors (Lipinski definition) is 6. The van der Waals surface area contributed by atoms with E-state index in [2.05, 4.69) is 4.90 Å². The first-order valence-corrected chi connectivity index (χ1v) is 5.62. The van der Waals surface area contributed by atoms with Gasteiger partial charge in [-0.3, -0.25) is 4.90 Å². The fourth-order valence-electron chi connectivity index (χ4n) is 1.44. The molecule has 0 spiro atoms. The highest BCUT2D eigenvalue weighted by atomic mass is 15.2. The van der Waals surface area contributed by atoms with E-state index in [0.717, 1.165) is 0 Å². The van der Waals surface area contributed by atoms with E-state index in [9.17, 15) is 0 Å². The molecule has 0 radical (unpaired) electrons. The lowest BCUT2D eigenvalue weighted by Gasteiger charge is -2.29. The first-order valence-electron chi connectivity index (χ1n) is 5.62. The fraction of sp³-hybridized carbons (Fsp3) is 1.00. The molecule has 0 amide bonds. The minimum Gasteiger partial charge on any atom is -0.329 e. The van der Waals surface area contributed by atoms with Gasteiger partial charge in [0.25, 0.3) is 0 Å². The van der Waals surface area contributed by atoms with Gasteiger partial charge in [-0.05, 0) is 0 Å². The van der Waals surface area contributed by atoms with Crippen molar-refractivity contribution in [3.8, 4) is 0 Å². The molecule has 12 N–H and O–H groups in total. The quantitative estimate of drug-likeness (QED) is 0.238. The maximum atomic E-state index is 5.80. The zero-order valence-electron chi connectivity index (χ0n) is 9.89. The van der Waals surface area contributed by atoms with Crippen LogP contribution in [0.1, 0.15) is 0 Å². The van der Waals surface area contributed by atoms with Crippen molar-refractivity contribution in [3.63, 3.8) is 0 Å². The van der Waals surface area contributed by atoms with Gasteiger partial charge in [0.15, 0.2) is 0 Å². The molecule has 0 bridgehead atoms. The van der Waals surface area contributed by atoms with E-state index in [1.165, 1.54) is 0 Å². The van der Waals surface area contributed by atoms with Crippen molar-refractivity contribution >= 4 is 0 Å². The lowest BCUT2D eigenvalue weighted by atomic mass is 10.2. The van der Waals surface area contributed by atoms with Crippen molar-refractivity contribution < 1.29 is 0 Å². The van der Waals surface area contributed by atoms with Crippen molar-refractivity contribution in [2.75, 3.05) is 39.3 Å². The summed E-state index contributed by atoms with van der Waals surface area (Å²) in [4.78, 5) is 2.08. The summed E-state index contributed by atoms with van der Waals surface area (Å²) in [7, 11) is 0. The molecule has 7 heteroatoms. The molecule has 0 saturated heterocycles. The van der Waals surface area contributed by atoms with Crippen LogP contribution in [0, 0.1) is 0 Å². The highest BCUT2D eigenvalue weighted by molar-refractivity contribution is 4.77. The molecule has 0 aromatic rings. The third-order valence-corrected chi connectivity index (χ3v) is 2.39. The first kappa shape index (κ1) is 15.7. The Hall–Kier alpha value is -0.280. The minimum absolute atomic E-state index is 0.0741. The number of nitrogens with two attached hydrogens (primary N) is 6. The predicted molar refractivity (Wildman–Crippen MR) is 67.5 cm³/mol. The standard InChI is InChI=1S/C9H27N7/c10-1-7(13)4-16(5-8(14)2-11)6-9(15)3-12/h7-9H,1-6,10-15H2. The Morgan fingerprint density at radius 1 is 0.625 bits per heavy atom. The van der Waals surface area contributed by atoms with Gasteiger partial charge in [0.2, 0.25) is 0 Å². The molecule has 0 aromatic heterocycles. The third kappa shape index (κ3) is 7.07. The van der Waals surface area contributed by atoms with Gasteiger partial charge in [0, 0.05) is 57.4 Å². The lowest BCUT2D eigenvalue weighted by molar-refractivity contribution is 0.231. The van der Waals surface area contributed by atoms with Crippen LogP contribution < -0.4 is 34.4 Å². The number of rotatable bonds is 9. The summed E-state index contributed by atoms with van der Waals surface area (Å²) in [5, 5.41) is 0. The van der Waals surface area contributed by atoms with Crippen LogP contribution in [0.3, 0.4) is 0 Å². The smallest absolute Gasteiger partial charge is 0.0292 e. The zero-order chi connectivity index (χ0) is 12.6. The van der Waals surface area contributed by atoms with Crippen molar-refractivity contribution in [2.45, 2.75) is 18.1 Å². The summed E-state index contributed by atoms with van der Waals surface area (Å²) in [6, 6.07) is -0.222. The van der Waals surface area contributed by atoms with Gasteiger partial charge in [0.05, 0.1) is 0 Å². The summed E-state index contributed by atoms with van der Waals surface area (Å²) in [6.45, 7) is 3.30. The Bertz CT molecular complexity index is 137. The molecule has 0 aromatic carbocycles. The molecular formula is C9H27N7. The maximum Gasteiger partial charge on any atom is 0.0292 e. The van der Waals surface area contributed by atoms with Crippen molar-refractivity contribution in [1.82, 2.24) is 4.90 Å². The third-order valence-electron chi connectivity index (χ3n) is 2.39. The van der Waals surface area contributed by atoms with E-state index in [1.54, 1.807) is 0 Å². The van der Waals surface area contributed by atoms with Crippen LogP contribution in [-0.2, 0) is 0 Å². The average molecular weight is 233 g/mol. The summed E-state index contributed by atoms with van der Waals surface area (Å²) in [5.74, 6) is 0. The van der Waals surface area contributed by atoms with Gasteiger partial charge < -0.3 is 34.4 Å². The minimum atomic E-state index is -0.0741. The van der Waals surface area contributed by atoms with Crippen LogP contribution in [0.5, 0.6) is 0 Å². The van der Waals surface area contributed by atoms with Crippen molar-refractivity contribution in [2.24, 2.45) is 34.4 Å². The van der Waals surface area contributed by atoms with Crippen LogP contribution in [-0.4, -0.2) is 62.3 Å². The highest BCUT2D eigenvalue weighted by Gasteiger charge is 2.15. The zero-order valence-corrected chi connectivity index (χ0v) is 9.89. The Morgan fingerprint density at radius 3 is 1.06 bits per heavy atom. The molecule has 0 rings (SSSR count). The second kappa shape index (κ2) is 8.82. The van der Waals surface area contributed by atoms with E-state index in [0.29, 0.717) is 39.3 Å². The normalized spacial score (nSPS) is 17.4. The molecule has 0 aliphatic rings. The summed E-state index contributed by atoms with van der Waals surface area (Å²) in [6.07, 6.45) is 0. The van der Waals surface area contributed by atoms with Gasteiger partial charge in [0.1, 0.15) is 0 Å². The second-order valence-electron chi connectivity index (χ2n) is 4.21. The van der Waals surface area contributed by atoms with Crippen LogP contribution in [0.4, 0.5) is 0 Å². The van der Waals surface area contributed by atoms with E-state index in [4.69, 9.17) is 34.4 Å². The second-order valence-corrected chi connectivity index (χ2v) is 4.21. The van der Waals surface area contributed by atoms with Crippen LogP contribution in [0.25, 0.3) is 0 Å². The van der Waals surface area contributed by atoms with Gasteiger partial charge in [-0.1, -0.05) is 0 Å². The Morgan fingerprint density at radius 2 is 0.875 bits per heavy atom. The monoisotopic (exact) mass is 233 g/mol. The molecule has 16 heavy (non-hydrogen) atoms. The van der Waals surface area contributed by atoms with Gasteiger partial charge in [-0.2, -0.15) is 0 Å². The topological polar surface area (TPSA) is 159 Å². The van der Waals surface area contributed by atoms with E-state index in [1.807, 2.05) is 0 Å². The molecule has 3 unspecified atom stereocenters. The SMILES string of the molecule is NCC(N)CN(CC(N)CN)CC(N)CN. The van der Waals surface area contributed by atoms with Gasteiger partial charge >= 0.3 is 0 Å². The number of nitrogens with zero attached hydrogens (tertiary/aromatic N) is 1. The largest absolute Gasteiger partial charge is 0.329 e. The Balaban J connectivity index is 4.15. The summed E-state index contributed by atoms with van der Waals surface area (Å²) < 4.78 is 0. The predicted octanol–water partition coefficient (Wildman–Crippen LogP) is -3.85. The van der Waals surface area contributed by atoms with E-state index in [-0.39, 0.29) is 18.1 Å². The summed E-state index contributed by atoms with van der Waals surface area (Å²) in [5.41, 5.74) is 33.8. The molecule has 3 atom stereocenters. The molecule has 0 fully saturated rings. The maximum absolute atomic E-state index is 5.80. The van der Waals surface area contributed by atoms with E-state index < -0.39 is 0 Å². The molecule has 98 valence electrons. The molecular weight excluding hydrogens is 206 g/mol. The Labute approximate surface area is 97.5 Å². The van der Waals surface area contributed by atoms with Gasteiger partial charge in [-0.25, -0.2) is 0 Å². The van der Waals surface area contributed by atoms with Crippen LogP contribution in [0.15, 0.2) is 0 Å². The first-order chi connectivity index (χ1) is 7.53. The Kier molecular flexibility index (Phi) is 8.67. The van der Waals surface area contributed by atoms with Crippen LogP contribution in [0.2, 0.25) is 0 Å². The van der Waals surface area contributed by atoms with Gasteiger partial charge in [-0.15, -0.1) is 0 Å². The average Bonchev–Trinajstić information content (AvgIpc) is 2.28. The van der Waals surface area contributed by atoms with E-state index >= 15 is 0 Å². The summed E-state index contributed by atoms with van der Waals surface area (Å²) >= 11 is 0. The molecule has 7 nitrogen and oxygen atoms in total. The van der Waals surface area contributed by atoms with Crippen molar-refractivity contribution in [3.05, 3.63) is 0 Å². The molecule has 0 aliphatic carbocycles. The van der Waals surface area contributed by atoms with Crippen LogP contribution >= 0.6 is 0 Å². The number of hydrogen-bond acceptors (Lipinski definition) is 7. The lowest BCUT2D eigenvalue weighted by Crippen LogP contribution is -2.52. The molecule has 0 saturated carbocycles.